The minimum atomic E-state index is -0.583. The highest BCUT2D eigenvalue weighted by atomic mass is 16.6. The summed E-state index contributed by atoms with van der Waals surface area (Å²) >= 11 is 0. The van der Waals surface area contributed by atoms with Gasteiger partial charge in [0, 0.05) is 42.8 Å². The predicted octanol–water partition coefficient (Wildman–Crippen LogP) is 2.40. The van der Waals surface area contributed by atoms with Crippen molar-refractivity contribution in [3.8, 4) is 23.0 Å². The lowest BCUT2D eigenvalue weighted by Crippen LogP contribution is -2.43. The molecule has 26 heavy (non-hydrogen) atoms. The molecular formula is C18H25N5O3. The summed E-state index contributed by atoms with van der Waals surface area (Å²) in [7, 11) is 1.48. The molecule has 0 unspecified atom stereocenters. The Bertz CT molecular complexity index is 732. The molecule has 1 amide bonds. The maximum Gasteiger partial charge on any atom is 0.413 e. The SMILES string of the molecule is CNC(=O)Oc1cc(-c2cnc(OC[C@@](C)(N)CC(C)C)nc2)ccn1. The molecule has 8 nitrogen and oxygen atoms in total. The molecule has 0 spiro atoms. The number of rotatable bonds is 7. The normalized spacial score (nSPS) is 13.2. The van der Waals surface area contributed by atoms with Crippen LogP contribution in [0, 0.1) is 5.92 Å². The smallest absolute Gasteiger partial charge is 0.413 e. The molecule has 3 N–H and O–H groups in total. The van der Waals surface area contributed by atoms with Crippen LogP contribution in [0.25, 0.3) is 11.1 Å². The van der Waals surface area contributed by atoms with Gasteiger partial charge in [0.25, 0.3) is 0 Å². The zero-order valence-corrected chi connectivity index (χ0v) is 15.5. The van der Waals surface area contributed by atoms with Gasteiger partial charge in [-0.1, -0.05) is 13.8 Å². The number of nitrogens with two attached hydrogens (primary N) is 1. The summed E-state index contributed by atoms with van der Waals surface area (Å²) < 4.78 is 10.6. The van der Waals surface area contributed by atoms with Crippen molar-refractivity contribution >= 4 is 6.09 Å². The first kappa shape index (κ1) is 19.6. The summed E-state index contributed by atoms with van der Waals surface area (Å²) in [6.07, 6.45) is 5.08. The molecular weight excluding hydrogens is 334 g/mol. The van der Waals surface area contributed by atoms with Crippen molar-refractivity contribution in [1.29, 1.82) is 0 Å². The van der Waals surface area contributed by atoms with Crippen molar-refractivity contribution in [3.05, 3.63) is 30.7 Å². The highest BCUT2D eigenvalue weighted by Crippen LogP contribution is 2.22. The van der Waals surface area contributed by atoms with Crippen molar-refractivity contribution < 1.29 is 14.3 Å². The highest BCUT2D eigenvalue weighted by Gasteiger charge is 2.21. The number of amides is 1. The van der Waals surface area contributed by atoms with Crippen LogP contribution in [0.2, 0.25) is 0 Å². The fraction of sp³-hybridized carbons (Fsp3) is 0.444. The number of nitrogens with zero attached hydrogens (tertiary/aromatic N) is 3. The zero-order valence-electron chi connectivity index (χ0n) is 15.5. The van der Waals surface area contributed by atoms with Gasteiger partial charge in [-0.3, -0.25) is 0 Å². The molecule has 0 aliphatic heterocycles. The predicted molar refractivity (Wildman–Crippen MR) is 97.9 cm³/mol. The first-order chi connectivity index (χ1) is 12.3. The number of aromatic nitrogens is 3. The number of hydrogen-bond acceptors (Lipinski definition) is 7. The largest absolute Gasteiger partial charge is 0.462 e. The number of pyridine rings is 1. The Morgan fingerprint density at radius 2 is 1.96 bits per heavy atom. The second-order valence-electron chi connectivity index (χ2n) is 6.82. The van der Waals surface area contributed by atoms with Crippen LogP contribution in [0.4, 0.5) is 4.79 Å². The number of carbonyl (C=O) groups excluding carboxylic acids is 1. The van der Waals surface area contributed by atoms with E-state index in [-0.39, 0.29) is 11.9 Å². The van der Waals surface area contributed by atoms with Crippen molar-refractivity contribution in [3.63, 3.8) is 0 Å². The molecule has 2 rings (SSSR count). The van der Waals surface area contributed by atoms with E-state index in [0.717, 1.165) is 17.5 Å². The summed E-state index contributed by atoms with van der Waals surface area (Å²) in [5.74, 6) is 0.671. The highest BCUT2D eigenvalue weighted by molar-refractivity contribution is 5.70. The van der Waals surface area contributed by atoms with Crippen LogP contribution in [0.1, 0.15) is 27.2 Å². The van der Waals surface area contributed by atoms with Gasteiger partial charge in [-0.2, -0.15) is 0 Å². The molecule has 140 valence electrons. The lowest BCUT2D eigenvalue weighted by molar-refractivity contribution is 0.194. The Hall–Kier alpha value is -2.74. The Balaban J connectivity index is 2.03. The Morgan fingerprint density at radius 3 is 2.58 bits per heavy atom. The van der Waals surface area contributed by atoms with E-state index < -0.39 is 11.6 Å². The number of carbonyl (C=O) groups is 1. The number of hydrogen-bond donors (Lipinski definition) is 2. The molecule has 2 heterocycles. The second-order valence-corrected chi connectivity index (χ2v) is 6.82. The van der Waals surface area contributed by atoms with Gasteiger partial charge in [-0.15, -0.1) is 0 Å². The first-order valence-electron chi connectivity index (χ1n) is 8.39. The molecule has 1 atom stereocenters. The average molecular weight is 359 g/mol. The molecule has 2 aromatic rings. The minimum Gasteiger partial charge on any atom is -0.462 e. The fourth-order valence-corrected chi connectivity index (χ4v) is 2.55. The third-order valence-corrected chi connectivity index (χ3v) is 3.50. The minimum absolute atomic E-state index is 0.190. The van der Waals surface area contributed by atoms with Crippen LogP contribution in [-0.4, -0.2) is 40.2 Å². The quantitative estimate of drug-likeness (QED) is 0.780. The van der Waals surface area contributed by atoms with E-state index in [1.54, 1.807) is 30.7 Å². The lowest BCUT2D eigenvalue weighted by Gasteiger charge is -2.25. The van der Waals surface area contributed by atoms with Gasteiger partial charge < -0.3 is 20.5 Å². The van der Waals surface area contributed by atoms with E-state index in [2.05, 4.69) is 34.1 Å². The average Bonchev–Trinajstić information content (AvgIpc) is 2.59. The molecule has 0 radical (unpaired) electrons. The molecule has 2 aromatic heterocycles. The lowest BCUT2D eigenvalue weighted by atomic mass is 9.93. The summed E-state index contributed by atoms with van der Waals surface area (Å²) in [4.78, 5) is 23.7. The van der Waals surface area contributed by atoms with Gasteiger partial charge in [0.2, 0.25) is 5.88 Å². The number of nitrogens with one attached hydrogen (secondary N) is 1. The Morgan fingerprint density at radius 1 is 1.27 bits per heavy atom. The van der Waals surface area contributed by atoms with Crippen molar-refractivity contribution in [2.24, 2.45) is 11.7 Å². The molecule has 0 aliphatic rings. The third-order valence-electron chi connectivity index (χ3n) is 3.50. The summed E-state index contributed by atoms with van der Waals surface area (Å²) in [5, 5.41) is 2.37. The fourth-order valence-electron chi connectivity index (χ4n) is 2.55. The summed E-state index contributed by atoms with van der Waals surface area (Å²) in [5.41, 5.74) is 7.30. The van der Waals surface area contributed by atoms with Crippen LogP contribution in [0.15, 0.2) is 30.7 Å². The zero-order chi connectivity index (χ0) is 19.2. The van der Waals surface area contributed by atoms with Crippen LogP contribution < -0.4 is 20.5 Å². The standard InChI is InChI=1S/C18H25N5O3/c1-12(2)8-18(3,19)11-25-16-22-9-14(10-23-16)13-5-6-21-15(7-13)26-17(24)20-4/h5-7,9-10,12H,8,11,19H2,1-4H3,(H,20,24)/t18-/m0/s1. The van der Waals surface area contributed by atoms with Gasteiger partial charge in [0.05, 0.1) is 0 Å². The van der Waals surface area contributed by atoms with Gasteiger partial charge in [-0.25, -0.2) is 19.7 Å². The number of ether oxygens (including phenoxy) is 2. The van der Waals surface area contributed by atoms with Gasteiger partial charge in [-0.05, 0) is 30.9 Å². The van der Waals surface area contributed by atoms with E-state index in [9.17, 15) is 4.79 Å². The molecule has 0 saturated carbocycles. The molecule has 0 aliphatic carbocycles. The summed E-state index contributed by atoms with van der Waals surface area (Å²) in [6, 6.07) is 3.67. The van der Waals surface area contributed by atoms with Gasteiger partial charge >= 0.3 is 12.1 Å². The van der Waals surface area contributed by atoms with Crippen molar-refractivity contribution in [2.45, 2.75) is 32.7 Å². The van der Waals surface area contributed by atoms with E-state index in [4.69, 9.17) is 15.2 Å². The van der Waals surface area contributed by atoms with E-state index >= 15 is 0 Å². The molecule has 8 heteroatoms. The van der Waals surface area contributed by atoms with Crippen LogP contribution >= 0.6 is 0 Å². The molecule has 0 fully saturated rings. The Kier molecular flexibility index (Phi) is 6.46. The topological polar surface area (TPSA) is 112 Å². The van der Waals surface area contributed by atoms with Crippen LogP contribution in [0.3, 0.4) is 0 Å². The van der Waals surface area contributed by atoms with Gasteiger partial charge in [0.1, 0.15) is 6.61 Å². The maximum atomic E-state index is 11.3. The summed E-state index contributed by atoms with van der Waals surface area (Å²) in [6.45, 7) is 6.52. The monoisotopic (exact) mass is 359 g/mol. The van der Waals surface area contributed by atoms with Crippen molar-refractivity contribution in [2.75, 3.05) is 13.7 Å². The van der Waals surface area contributed by atoms with Crippen molar-refractivity contribution in [1.82, 2.24) is 20.3 Å². The third kappa shape index (κ3) is 5.96. The van der Waals surface area contributed by atoms with E-state index in [0.29, 0.717) is 12.5 Å². The second kappa shape index (κ2) is 8.57. The molecule has 0 saturated heterocycles. The van der Waals surface area contributed by atoms with Crippen LogP contribution in [-0.2, 0) is 0 Å². The van der Waals surface area contributed by atoms with Gasteiger partial charge in [0.15, 0.2) is 0 Å². The molecule has 0 aromatic carbocycles. The molecule has 0 bridgehead atoms. The van der Waals surface area contributed by atoms with E-state index in [1.165, 1.54) is 7.05 Å². The van der Waals surface area contributed by atoms with Crippen LogP contribution in [0.5, 0.6) is 11.9 Å². The first-order valence-corrected chi connectivity index (χ1v) is 8.39. The maximum absolute atomic E-state index is 11.3. The Labute approximate surface area is 153 Å². The van der Waals surface area contributed by atoms with E-state index in [1.807, 2.05) is 6.92 Å².